The fraction of sp³-hybridized carbons (Fsp3) is 0.947. The van der Waals surface area contributed by atoms with Gasteiger partial charge in [0.25, 0.3) is 0 Å². The summed E-state index contributed by atoms with van der Waals surface area (Å²) in [5.74, 6) is -0.505. The van der Waals surface area contributed by atoms with Crippen LogP contribution in [0.5, 0.6) is 0 Å². The van der Waals surface area contributed by atoms with Crippen LogP contribution in [-0.2, 0) is 22.9 Å². The molecule has 0 saturated carbocycles. The Kier molecular flexibility index (Phi) is 14.4. The van der Waals surface area contributed by atoms with Gasteiger partial charge in [0.2, 0.25) is 0 Å². The summed E-state index contributed by atoms with van der Waals surface area (Å²) in [5.41, 5.74) is 0. The summed E-state index contributed by atoms with van der Waals surface area (Å²) >= 11 is 0. The van der Waals surface area contributed by atoms with E-state index in [1.54, 1.807) is 6.92 Å². The predicted octanol–water partition coefficient (Wildman–Crippen LogP) is 5.32. The van der Waals surface area contributed by atoms with E-state index < -0.39 is 13.8 Å². The van der Waals surface area contributed by atoms with Crippen LogP contribution < -0.4 is 0 Å². The smallest absolute Gasteiger partial charge is 0.370 e. The summed E-state index contributed by atoms with van der Waals surface area (Å²) in [6, 6.07) is 0. The first-order valence-electron chi connectivity index (χ1n) is 10.1. The molecular weight excluding hydrogens is 353 g/mol. The van der Waals surface area contributed by atoms with E-state index >= 15 is 0 Å². The number of unbranched alkanes of at least 4 members (excludes halogenated alkanes) is 8. The Morgan fingerprint density at radius 3 is 1.88 bits per heavy atom. The van der Waals surface area contributed by atoms with Crippen molar-refractivity contribution >= 4 is 13.8 Å². The lowest BCUT2D eigenvalue weighted by molar-refractivity contribution is -0.870. The molecule has 0 aliphatic carbocycles. The molecular formula is C19H41NO5P+. The zero-order valence-electron chi connectivity index (χ0n) is 17.6. The van der Waals surface area contributed by atoms with Crippen molar-refractivity contribution in [3.05, 3.63) is 0 Å². The molecule has 0 aliphatic rings. The molecule has 0 aliphatic heterocycles. The first-order chi connectivity index (χ1) is 12.2. The van der Waals surface area contributed by atoms with Crippen molar-refractivity contribution in [3.63, 3.8) is 0 Å². The van der Waals surface area contributed by atoms with Crippen LogP contribution in [0.15, 0.2) is 0 Å². The van der Waals surface area contributed by atoms with Crippen LogP contribution in [0.3, 0.4) is 0 Å². The minimum Gasteiger partial charge on any atom is -0.370 e. The van der Waals surface area contributed by atoms with E-state index in [0.29, 0.717) is 11.0 Å². The molecule has 0 aromatic rings. The van der Waals surface area contributed by atoms with E-state index in [-0.39, 0.29) is 19.6 Å². The fourth-order valence-electron chi connectivity index (χ4n) is 2.42. The molecule has 156 valence electrons. The Hall–Kier alpha value is -0.420. The Morgan fingerprint density at radius 2 is 1.38 bits per heavy atom. The van der Waals surface area contributed by atoms with Crippen molar-refractivity contribution in [3.8, 4) is 0 Å². The fourth-order valence-corrected chi connectivity index (χ4v) is 3.57. The lowest BCUT2D eigenvalue weighted by Crippen LogP contribution is -2.37. The monoisotopic (exact) mass is 394 g/mol. The lowest BCUT2D eigenvalue weighted by atomic mass is 10.1. The van der Waals surface area contributed by atoms with E-state index in [4.69, 9.17) is 13.6 Å². The number of quaternary nitrogens is 1. The van der Waals surface area contributed by atoms with Crippen LogP contribution in [0.2, 0.25) is 0 Å². The number of phosphoric ester groups is 1. The van der Waals surface area contributed by atoms with Gasteiger partial charge in [0.1, 0.15) is 13.2 Å². The maximum absolute atomic E-state index is 12.5. The van der Waals surface area contributed by atoms with Crippen molar-refractivity contribution < 1.29 is 27.4 Å². The topological polar surface area (TPSA) is 61.8 Å². The molecule has 0 aromatic carbocycles. The van der Waals surface area contributed by atoms with Gasteiger partial charge in [-0.1, -0.05) is 58.3 Å². The highest BCUT2D eigenvalue weighted by atomic mass is 31.2. The third kappa shape index (κ3) is 15.8. The van der Waals surface area contributed by atoms with Crippen molar-refractivity contribution in [2.45, 2.75) is 78.1 Å². The highest BCUT2D eigenvalue weighted by molar-refractivity contribution is 7.49. The van der Waals surface area contributed by atoms with Gasteiger partial charge in [0, 0.05) is 6.42 Å². The van der Waals surface area contributed by atoms with E-state index in [1.165, 1.54) is 38.5 Å². The Morgan fingerprint density at radius 1 is 0.846 bits per heavy atom. The second-order valence-electron chi connectivity index (χ2n) is 7.75. The molecule has 0 aromatic heterocycles. The minimum absolute atomic E-state index is 0.174. The summed E-state index contributed by atoms with van der Waals surface area (Å²) < 4.78 is 28.5. The highest BCUT2D eigenvalue weighted by Crippen LogP contribution is 2.49. The second-order valence-corrected chi connectivity index (χ2v) is 9.35. The van der Waals surface area contributed by atoms with Gasteiger partial charge >= 0.3 is 13.8 Å². The first-order valence-corrected chi connectivity index (χ1v) is 11.6. The summed E-state index contributed by atoms with van der Waals surface area (Å²) in [6.45, 7) is 4.95. The summed E-state index contributed by atoms with van der Waals surface area (Å²) in [4.78, 5) is 11.9. The van der Waals surface area contributed by atoms with Crippen LogP contribution in [0.4, 0.5) is 0 Å². The molecule has 0 amide bonds. The molecule has 0 N–H and O–H groups in total. The molecule has 0 rings (SSSR count). The number of phosphoric acid groups is 1. The van der Waals surface area contributed by atoms with Gasteiger partial charge in [-0.05, 0) is 13.3 Å². The van der Waals surface area contributed by atoms with Gasteiger partial charge < -0.3 is 9.01 Å². The molecule has 0 saturated heterocycles. The van der Waals surface area contributed by atoms with Gasteiger partial charge in [-0.25, -0.2) is 4.57 Å². The van der Waals surface area contributed by atoms with Crippen molar-refractivity contribution in [2.75, 3.05) is 40.9 Å². The van der Waals surface area contributed by atoms with E-state index in [9.17, 15) is 9.36 Å². The van der Waals surface area contributed by atoms with E-state index in [0.717, 1.165) is 19.3 Å². The molecule has 26 heavy (non-hydrogen) atoms. The quantitative estimate of drug-likeness (QED) is 0.190. The molecule has 6 nitrogen and oxygen atoms in total. The Labute approximate surface area is 160 Å². The van der Waals surface area contributed by atoms with Crippen LogP contribution >= 0.6 is 7.82 Å². The van der Waals surface area contributed by atoms with Crippen LogP contribution in [0.1, 0.15) is 78.1 Å². The number of nitrogens with zero attached hydrogens (tertiary/aromatic N) is 1. The van der Waals surface area contributed by atoms with Gasteiger partial charge in [0.05, 0.1) is 27.7 Å². The van der Waals surface area contributed by atoms with E-state index in [2.05, 4.69) is 6.92 Å². The molecule has 0 fully saturated rings. The maximum atomic E-state index is 12.5. The SMILES string of the molecule is CCCCCCCCCCCC(=O)OP(=O)(OCC)OCC[N+](C)(C)C. The Balaban J connectivity index is 3.95. The largest absolute Gasteiger partial charge is 0.532 e. The summed E-state index contributed by atoms with van der Waals surface area (Å²) in [7, 11) is 2.22. The average molecular weight is 395 g/mol. The van der Waals surface area contributed by atoms with Gasteiger partial charge in [-0.2, -0.15) is 0 Å². The van der Waals surface area contributed by atoms with Crippen molar-refractivity contribution in [1.29, 1.82) is 0 Å². The van der Waals surface area contributed by atoms with Crippen LogP contribution in [0.25, 0.3) is 0 Å². The molecule has 1 unspecified atom stereocenters. The first kappa shape index (κ1) is 25.6. The van der Waals surface area contributed by atoms with Crippen molar-refractivity contribution in [1.82, 2.24) is 0 Å². The van der Waals surface area contributed by atoms with Gasteiger partial charge in [-0.15, -0.1) is 0 Å². The molecule has 0 radical (unpaired) electrons. The number of hydrogen-bond acceptors (Lipinski definition) is 5. The normalized spacial score (nSPS) is 14.2. The van der Waals surface area contributed by atoms with E-state index in [1.807, 2.05) is 21.1 Å². The zero-order chi connectivity index (χ0) is 19.9. The standard InChI is InChI=1S/C19H41NO5P/c1-6-8-9-10-11-12-13-14-15-16-19(21)25-26(22,23-7-2)24-18-17-20(3,4)5/h6-18H2,1-5H3/q+1. The van der Waals surface area contributed by atoms with Gasteiger partial charge in [-0.3, -0.25) is 13.8 Å². The molecule has 0 spiro atoms. The molecule has 1 atom stereocenters. The third-order valence-electron chi connectivity index (χ3n) is 4.00. The third-order valence-corrected chi connectivity index (χ3v) is 5.50. The summed E-state index contributed by atoms with van der Waals surface area (Å²) in [5, 5.41) is 0. The van der Waals surface area contributed by atoms with Gasteiger partial charge in [0.15, 0.2) is 0 Å². The second kappa shape index (κ2) is 14.6. The predicted molar refractivity (Wildman–Crippen MR) is 106 cm³/mol. The molecule has 7 heteroatoms. The number of hydrogen-bond donors (Lipinski definition) is 0. The highest BCUT2D eigenvalue weighted by Gasteiger charge is 2.31. The maximum Gasteiger partial charge on any atom is 0.532 e. The average Bonchev–Trinajstić information content (AvgIpc) is 2.52. The van der Waals surface area contributed by atoms with Crippen molar-refractivity contribution in [2.24, 2.45) is 0 Å². The Bertz CT molecular complexity index is 409. The number of carbonyl (C=O) groups excluding carboxylic acids is 1. The zero-order valence-corrected chi connectivity index (χ0v) is 18.5. The van der Waals surface area contributed by atoms with Crippen LogP contribution in [-0.4, -0.2) is 51.4 Å². The number of likely N-dealkylation sites (N-methyl/N-ethyl adjacent to an activating group) is 1. The number of carbonyl (C=O) groups is 1. The molecule has 0 heterocycles. The minimum atomic E-state index is -3.80. The lowest BCUT2D eigenvalue weighted by Gasteiger charge is -2.24. The summed E-state index contributed by atoms with van der Waals surface area (Å²) in [6.07, 6.45) is 10.8. The molecule has 0 bridgehead atoms. The van der Waals surface area contributed by atoms with Crippen LogP contribution in [0, 0.1) is 0 Å². The number of rotatable bonds is 17.